The molecule has 2 aromatic carbocycles. The van der Waals surface area contributed by atoms with Gasteiger partial charge in [0.2, 0.25) is 0 Å². The van der Waals surface area contributed by atoms with Crippen molar-refractivity contribution in [1.82, 2.24) is 5.32 Å². The van der Waals surface area contributed by atoms with Crippen molar-refractivity contribution in [2.24, 2.45) is 5.41 Å². The van der Waals surface area contributed by atoms with E-state index in [9.17, 15) is 14.7 Å². The number of carbonyl (C=O) groups is 2. The first kappa shape index (κ1) is 33.3. The average molecular weight is 528 g/mol. The van der Waals surface area contributed by atoms with Gasteiger partial charge < -0.3 is 20.3 Å². The number of hydrogen-bond acceptors (Lipinski definition) is 5. The van der Waals surface area contributed by atoms with Crippen molar-refractivity contribution in [1.29, 1.82) is 0 Å². The third-order valence-electron chi connectivity index (χ3n) is 7.41. The van der Waals surface area contributed by atoms with Gasteiger partial charge >= 0.3 is 5.97 Å². The summed E-state index contributed by atoms with van der Waals surface area (Å²) in [5.41, 5.74) is 6.10. The molecule has 6 heteroatoms. The molecule has 6 nitrogen and oxygen atoms in total. The van der Waals surface area contributed by atoms with Crippen molar-refractivity contribution in [3.8, 4) is 5.75 Å². The van der Waals surface area contributed by atoms with Gasteiger partial charge in [0.1, 0.15) is 12.4 Å². The topological polar surface area (TPSA) is 95.9 Å². The molecule has 0 aliphatic carbocycles. The molecular weight excluding hydrogens is 478 g/mol. The first-order valence-corrected chi connectivity index (χ1v) is 13.7. The largest absolute Gasteiger partial charge is 0.486 e. The predicted molar refractivity (Wildman–Crippen MR) is 155 cm³/mol. The van der Waals surface area contributed by atoms with Crippen molar-refractivity contribution < 1.29 is 24.5 Å². The van der Waals surface area contributed by atoms with E-state index in [0.717, 1.165) is 43.3 Å². The van der Waals surface area contributed by atoms with Crippen LogP contribution in [0.2, 0.25) is 0 Å². The lowest BCUT2D eigenvalue weighted by molar-refractivity contribution is -0.136. The zero-order valence-corrected chi connectivity index (χ0v) is 24.7. The normalized spacial score (nSPS) is 12.3. The number of benzene rings is 2. The van der Waals surface area contributed by atoms with E-state index >= 15 is 0 Å². The van der Waals surface area contributed by atoms with E-state index in [1.165, 1.54) is 22.3 Å². The number of carboxylic acid groups (broad SMARTS) is 1. The Labute approximate surface area is 229 Å². The Bertz CT molecular complexity index is 1020. The van der Waals surface area contributed by atoms with Gasteiger partial charge in [0.25, 0.3) is 0 Å². The lowest BCUT2D eigenvalue weighted by Crippen LogP contribution is -2.27. The fourth-order valence-corrected chi connectivity index (χ4v) is 4.70. The summed E-state index contributed by atoms with van der Waals surface area (Å²) in [6.07, 6.45) is 4.34. The SMILES string of the molecule is CCC(CC)(c1ccc(CCC(O)C(C)(C)C)c(C)c1)c1ccc(OCC=O)c(C)c1.CNCCC(=O)O. The fraction of sp³-hybridized carbons (Fsp3) is 0.562. The van der Waals surface area contributed by atoms with Crippen LogP contribution < -0.4 is 10.1 Å². The first-order chi connectivity index (χ1) is 17.9. The number of rotatable bonds is 13. The highest BCUT2D eigenvalue weighted by Gasteiger charge is 2.31. The zero-order valence-electron chi connectivity index (χ0n) is 24.7. The highest BCUT2D eigenvalue weighted by atomic mass is 16.5. The first-order valence-electron chi connectivity index (χ1n) is 13.7. The number of ether oxygens (including phenoxy) is 1. The summed E-state index contributed by atoms with van der Waals surface area (Å²) in [5.74, 6) is 0.00948. The number of aliphatic hydroxyl groups excluding tert-OH is 1. The summed E-state index contributed by atoms with van der Waals surface area (Å²) in [6.45, 7) is 15.6. The molecule has 0 aliphatic heterocycles. The number of aliphatic hydroxyl groups is 1. The molecule has 0 heterocycles. The molecule has 0 amide bonds. The van der Waals surface area contributed by atoms with E-state index in [1.54, 1.807) is 7.05 Å². The van der Waals surface area contributed by atoms with E-state index in [4.69, 9.17) is 9.84 Å². The van der Waals surface area contributed by atoms with Crippen molar-refractivity contribution in [3.63, 3.8) is 0 Å². The van der Waals surface area contributed by atoms with Crippen molar-refractivity contribution in [2.75, 3.05) is 20.2 Å². The van der Waals surface area contributed by atoms with Gasteiger partial charge in [0.05, 0.1) is 12.5 Å². The van der Waals surface area contributed by atoms with Crippen LogP contribution in [0, 0.1) is 19.3 Å². The molecule has 0 saturated carbocycles. The molecule has 0 spiro atoms. The number of carboxylic acids is 1. The Hall–Kier alpha value is -2.70. The number of nitrogens with one attached hydrogen (secondary N) is 1. The number of carbonyl (C=O) groups excluding carboxylic acids is 1. The quantitative estimate of drug-likeness (QED) is 0.276. The van der Waals surface area contributed by atoms with Gasteiger partial charge in [-0.05, 0) is 85.9 Å². The highest BCUT2D eigenvalue weighted by Crippen LogP contribution is 2.41. The molecular formula is C32H49NO5. The van der Waals surface area contributed by atoms with Gasteiger partial charge in [-0.2, -0.15) is 0 Å². The van der Waals surface area contributed by atoms with E-state index in [1.807, 2.05) is 13.0 Å². The molecule has 0 aromatic heterocycles. The molecule has 38 heavy (non-hydrogen) atoms. The second-order valence-corrected chi connectivity index (χ2v) is 11.1. The summed E-state index contributed by atoms with van der Waals surface area (Å²) in [5, 5.41) is 21.1. The van der Waals surface area contributed by atoms with Crippen LogP contribution in [-0.2, 0) is 21.4 Å². The third-order valence-corrected chi connectivity index (χ3v) is 7.41. The second-order valence-electron chi connectivity index (χ2n) is 11.1. The summed E-state index contributed by atoms with van der Waals surface area (Å²) in [6, 6.07) is 13.2. The second kappa shape index (κ2) is 15.6. The van der Waals surface area contributed by atoms with E-state index < -0.39 is 5.97 Å². The van der Waals surface area contributed by atoms with Gasteiger partial charge in [-0.15, -0.1) is 0 Å². The van der Waals surface area contributed by atoms with Crippen molar-refractivity contribution in [3.05, 3.63) is 64.2 Å². The Balaban J connectivity index is 0.000000905. The Morgan fingerprint density at radius 2 is 1.61 bits per heavy atom. The maximum Gasteiger partial charge on any atom is 0.304 e. The number of hydrogen-bond donors (Lipinski definition) is 3. The minimum absolute atomic E-state index is 0.0673. The average Bonchev–Trinajstić information content (AvgIpc) is 2.87. The molecule has 0 bridgehead atoms. The Morgan fingerprint density at radius 3 is 2.03 bits per heavy atom. The Morgan fingerprint density at radius 1 is 1.03 bits per heavy atom. The van der Waals surface area contributed by atoms with Crippen LogP contribution in [0.3, 0.4) is 0 Å². The van der Waals surface area contributed by atoms with E-state index in [2.05, 4.69) is 77.2 Å². The van der Waals surface area contributed by atoms with E-state index in [-0.39, 0.29) is 30.0 Å². The maximum absolute atomic E-state index is 10.6. The van der Waals surface area contributed by atoms with Crippen molar-refractivity contribution in [2.45, 2.75) is 92.1 Å². The lowest BCUT2D eigenvalue weighted by Gasteiger charge is -2.34. The van der Waals surface area contributed by atoms with E-state index in [0.29, 0.717) is 6.54 Å². The molecule has 3 N–H and O–H groups in total. The fourth-order valence-electron chi connectivity index (χ4n) is 4.70. The standard InChI is InChI=1S/C28H40O3.C4H9NO2/c1-8-28(9-2,24-13-14-25(21(4)19-24)31-17-16-29)23-12-10-22(20(3)18-23)11-15-26(30)27(5,6)7;1-5-3-2-4(6)7/h10,12-14,16,18-19,26,30H,8-9,11,15,17H2,1-7H3;5H,2-3H2,1H3,(H,6,7). The van der Waals surface area contributed by atoms with Crippen LogP contribution >= 0.6 is 0 Å². The molecule has 0 fully saturated rings. The van der Waals surface area contributed by atoms with Crippen LogP contribution in [0.15, 0.2) is 36.4 Å². The van der Waals surface area contributed by atoms with Gasteiger partial charge in [-0.1, -0.05) is 65.0 Å². The summed E-state index contributed by atoms with van der Waals surface area (Å²) in [7, 11) is 1.73. The molecule has 2 aromatic rings. The highest BCUT2D eigenvalue weighted by molar-refractivity contribution is 5.66. The molecule has 1 atom stereocenters. The van der Waals surface area contributed by atoms with Gasteiger partial charge in [-0.3, -0.25) is 9.59 Å². The smallest absolute Gasteiger partial charge is 0.304 e. The molecule has 2 rings (SSSR count). The minimum Gasteiger partial charge on any atom is -0.486 e. The van der Waals surface area contributed by atoms with Gasteiger partial charge in [-0.25, -0.2) is 0 Å². The van der Waals surface area contributed by atoms with Crippen LogP contribution in [0.1, 0.15) is 88.1 Å². The number of aliphatic carboxylic acids is 1. The van der Waals surface area contributed by atoms with Gasteiger partial charge in [0.15, 0.2) is 6.29 Å². The summed E-state index contributed by atoms with van der Waals surface area (Å²) >= 11 is 0. The number of aryl methyl sites for hydroxylation is 3. The predicted octanol–water partition coefficient (Wildman–Crippen LogP) is 6.01. The minimum atomic E-state index is -0.755. The van der Waals surface area contributed by atoms with Crippen molar-refractivity contribution >= 4 is 12.3 Å². The van der Waals surface area contributed by atoms with Crippen LogP contribution in [-0.4, -0.2) is 48.8 Å². The monoisotopic (exact) mass is 527 g/mol. The van der Waals surface area contributed by atoms with Crippen LogP contribution in [0.4, 0.5) is 0 Å². The molecule has 0 saturated heterocycles. The molecule has 212 valence electrons. The summed E-state index contributed by atoms with van der Waals surface area (Å²) in [4.78, 5) is 20.4. The Kier molecular flexibility index (Phi) is 13.7. The van der Waals surface area contributed by atoms with Gasteiger partial charge in [0, 0.05) is 12.0 Å². The maximum atomic E-state index is 10.6. The number of aldehydes is 1. The molecule has 0 aliphatic rings. The molecule has 1 unspecified atom stereocenters. The zero-order chi connectivity index (χ0) is 28.9. The van der Waals surface area contributed by atoms with Crippen LogP contribution in [0.5, 0.6) is 5.75 Å². The third kappa shape index (κ3) is 9.55. The summed E-state index contributed by atoms with van der Waals surface area (Å²) < 4.78 is 5.54. The lowest BCUT2D eigenvalue weighted by atomic mass is 9.69. The molecule has 0 radical (unpaired) electrons. The van der Waals surface area contributed by atoms with Crippen LogP contribution in [0.25, 0.3) is 0 Å².